The number of cyclic esters (lactones) is 1. The summed E-state index contributed by atoms with van der Waals surface area (Å²) in [5, 5.41) is -1.30. The first-order chi connectivity index (χ1) is 12.4. The first kappa shape index (κ1) is 20.8. The number of carbonyl (C=O) groups is 1. The number of benzene rings is 1. The molecule has 10 heteroatoms. The van der Waals surface area contributed by atoms with Gasteiger partial charge in [0.2, 0.25) is 0 Å². The molecule has 1 fully saturated rings. The van der Waals surface area contributed by atoms with Crippen LogP contribution < -0.4 is 0 Å². The van der Waals surface area contributed by atoms with Gasteiger partial charge < -0.3 is 0 Å². The van der Waals surface area contributed by atoms with Gasteiger partial charge in [0.1, 0.15) is 0 Å². The van der Waals surface area contributed by atoms with Gasteiger partial charge in [-0.05, 0) is 0 Å². The number of ether oxygens (including phenoxy) is 1. The van der Waals surface area contributed by atoms with Crippen molar-refractivity contribution < 1.29 is 33.6 Å². The van der Waals surface area contributed by atoms with Gasteiger partial charge in [0.15, 0.2) is 0 Å². The monoisotopic (exact) mass is 520 g/mol. The molecule has 0 radical (unpaired) electrons. The molecule has 1 aliphatic carbocycles. The second-order valence-corrected chi connectivity index (χ2v) is 13.7. The van der Waals surface area contributed by atoms with Crippen molar-refractivity contribution in [2.45, 2.75) is 54.6 Å². The Morgan fingerprint density at radius 3 is 2.44 bits per heavy atom. The molecule has 1 aliphatic heterocycles. The van der Waals surface area contributed by atoms with Crippen LogP contribution in [-0.2, 0) is 27.8 Å². The summed E-state index contributed by atoms with van der Waals surface area (Å²) in [5.74, 6) is -1.72. The van der Waals surface area contributed by atoms with E-state index in [1.54, 1.807) is 0 Å². The molecule has 152 valence electrons. The summed E-state index contributed by atoms with van der Waals surface area (Å²) < 4.78 is 72.4. The Morgan fingerprint density at radius 1 is 1.15 bits per heavy atom. The standard InChI is InChI=1S/C17H20F3IO5S/c1-16(2)12-8-4-5-9-13(12)21(17(18,19)20)26-27(23,24)14-10-6-3-7-11(14)15(22)25-16/h4-5,8-9,11,14H,3,6-7,10H2,1-2H3. The van der Waals surface area contributed by atoms with E-state index in [0.29, 0.717) is 12.8 Å². The zero-order valence-corrected chi connectivity index (χ0v) is 17.7. The SMILES string of the molecule is CC1(C)OC(=O)C2CCCCC2S(=O)(=O)OI(C(F)(F)F)c2ccccc21. The van der Waals surface area contributed by atoms with Crippen molar-refractivity contribution in [3.63, 3.8) is 0 Å². The molecule has 0 spiro atoms. The third kappa shape index (κ3) is 4.12. The Kier molecular flexibility index (Phi) is 5.54. The summed E-state index contributed by atoms with van der Waals surface area (Å²) in [6, 6.07) is 5.58. The zero-order chi connectivity index (χ0) is 20.0. The van der Waals surface area contributed by atoms with E-state index in [2.05, 4.69) is 0 Å². The summed E-state index contributed by atoms with van der Waals surface area (Å²) in [7, 11) is -4.58. The molecular formula is C17H20F3IO5S. The molecule has 0 saturated heterocycles. The number of halogens is 4. The number of alkyl halides is 4. The topological polar surface area (TPSA) is 69.7 Å². The summed E-state index contributed by atoms with van der Waals surface area (Å²) in [6.45, 7) is 3.03. The number of fused-ring (bicyclic) bond motifs is 2. The van der Waals surface area contributed by atoms with Gasteiger partial charge in [0.25, 0.3) is 0 Å². The number of esters is 1. The van der Waals surface area contributed by atoms with E-state index in [0.717, 1.165) is 0 Å². The molecule has 1 aromatic carbocycles. The molecule has 1 heterocycles. The Balaban J connectivity index is 2.22. The molecule has 0 N–H and O–H groups in total. The third-order valence-corrected chi connectivity index (χ3v) is 12.1. The minimum atomic E-state index is -4.80. The number of carbonyl (C=O) groups excluding carboxylic acids is 1. The van der Waals surface area contributed by atoms with E-state index in [-0.39, 0.29) is 22.0 Å². The van der Waals surface area contributed by atoms with Crippen LogP contribution in [0.2, 0.25) is 0 Å². The quantitative estimate of drug-likeness (QED) is 0.287. The molecule has 5 nitrogen and oxygen atoms in total. The van der Waals surface area contributed by atoms with Crippen LogP contribution >= 0.6 is 20.2 Å². The molecule has 27 heavy (non-hydrogen) atoms. The molecule has 2 atom stereocenters. The van der Waals surface area contributed by atoms with Gasteiger partial charge in [-0.15, -0.1) is 0 Å². The van der Waals surface area contributed by atoms with Crippen molar-refractivity contribution in [2.24, 2.45) is 5.92 Å². The van der Waals surface area contributed by atoms with Crippen LogP contribution in [0.1, 0.15) is 45.1 Å². The van der Waals surface area contributed by atoms with Gasteiger partial charge in [0.05, 0.1) is 0 Å². The van der Waals surface area contributed by atoms with Crippen LogP contribution in [-0.4, -0.2) is 23.8 Å². The Hall–Kier alpha value is -0.880. The Morgan fingerprint density at radius 2 is 1.78 bits per heavy atom. The van der Waals surface area contributed by atoms with E-state index in [1.807, 2.05) is 0 Å². The number of hydrogen-bond acceptors (Lipinski definition) is 5. The average Bonchev–Trinajstić information content (AvgIpc) is 2.58. The van der Waals surface area contributed by atoms with Crippen LogP contribution in [0.4, 0.5) is 13.2 Å². The van der Waals surface area contributed by atoms with Crippen LogP contribution in [0.15, 0.2) is 24.3 Å². The molecule has 2 unspecified atom stereocenters. The van der Waals surface area contributed by atoms with Crippen molar-refractivity contribution in [3.05, 3.63) is 33.4 Å². The van der Waals surface area contributed by atoms with Crippen molar-refractivity contribution in [1.82, 2.24) is 0 Å². The second-order valence-electron chi connectivity index (χ2n) is 7.07. The van der Waals surface area contributed by atoms with Crippen LogP contribution in [0.5, 0.6) is 0 Å². The molecule has 0 bridgehead atoms. The summed E-state index contributed by atoms with van der Waals surface area (Å²) in [5.41, 5.74) is -1.20. The Bertz CT molecular complexity index is 837. The fourth-order valence-electron chi connectivity index (χ4n) is 3.51. The predicted octanol–water partition coefficient (Wildman–Crippen LogP) is 4.49. The summed E-state index contributed by atoms with van der Waals surface area (Å²) in [6.07, 6.45) is 1.47. The van der Waals surface area contributed by atoms with Gasteiger partial charge >= 0.3 is 164 Å². The molecule has 1 saturated carbocycles. The van der Waals surface area contributed by atoms with Crippen molar-refractivity contribution >= 4 is 36.3 Å². The molecule has 0 aromatic heterocycles. The maximum absolute atomic E-state index is 13.8. The van der Waals surface area contributed by atoms with E-state index in [1.165, 1.54) is 38.1 Å². The maximum atomic E-state index is 13.8. The predicted molar refractivity (Wildman–Crippen MR) is 100 cm³/mol. The van der Waals surface area contributed by atoms with Gasteiger partial charge in [-0.3, -0.25) is 0 Å². The van der Waals surface area contributed by atoms with Crippen molar-refractivity contribution in [2.75, 3.05) is 0 Å². The normalized spacial score (nSPS) is 29.2. The van der Waals surface area contributed by atoms with Crippen molar-refractivity contribution in [1.29, 1.82) is 0 Å². The van der Waals surface area contributed by atoms with Gasteiger partial charge in [0, 0.05) is 0 Å². The fourth-order valence-corrected chi connectivity index (χ4v) is 11.1. The first-order valence-electron chi connectivity index (χ1n) is 8.46. The van der Waals surface area contributed by atoms with Gasteiger partial charge in [-0.2, -0.15) is 0 Å². The van der Waals surface area contributed by atoms with E-state index in [9.17, 15) is 26.4 Å². The first-order valence-corrected chi connectivity index (χ1v) is 13.0. The Labute approximate surface area is 163 Å². The van der Waals surface area contributed by atoms with Crippen LogP contribution in [0.25, 0.3) is 0 Å². The summed E-state index contributed by atoms with van der Waals surface area (Å²) in [4.78, 5) is 12.7. The van der Waals surface area contributed by atoms with E-state index in [4.69, 9.17) is 7.25 Å². The third-order valence-electron chi connectivity index (χ3n) is 4.78. The molecule has 3 rings (SSSR count). The van der Waals surface area contributed by atoms with E-state index < -0.39 is 57.3 Å². The second kappa shape index (κ2) is 7.18. The van der Waals surface area contributed by atoms with E-state index >= 15 is 0 Å². The van der Waals surface area contributed by atoms with Crippen LogP contribution in [0.3, 0.4) is 0 Å². The van der Waals surface area contributed by atoms with Gasteiger partial charge in [-0.25, -0.2) is 0 Å². The minimum absolute atomic E-state index is 0.0893. The van der Waals surface area contributed by atoms with Crippen LogP contribution in [0, 0.1) is 9.49 Å². The van der Waals surface area contributed by atoms with Crippen molar-refractivity contribution in [3.8, 4) is 0 Å². The fraction of sp³-hybridized carbons (Fsp3) is 0.588. The number of hydrogen-bond donors (Lipinski definition) is 0. The molecule has 2 aliphatic rings. The zero-order valence-electron chi connectivity index (χ0n) is 14.8. The average molecular weight is 520 g/mol. The van der Waals surface area contributed by atoms with Gasteiger partial charge in [-0.1, -0.05) is 0 Å². The molecule has 0 amide bonds. The molecule has 1 aromatic rings. The summed E-state index contributed by atoms with van der Waals surface area (Å²) >= 11 is -4.63. The molecular weight excluding hydrogens is 500 g/mol. The number of rotatable bonds is 0.